The SMILES string of the molecule is CN(C)CCCN(C)c1nc(CCc2ccc(Cl)c(Cl)c2)nc2c(Cl)cccc12. The molecule has 3 rings (SSSR count). The number of hydrogen-bond acceptors (Lipinski definition) is 4. The molecular weight excluding hydrogens is 427 g/mol. The molecule has 0 N–H and O–H groups in total. The lowest BCUT2D eigenvalue weighted by atomic mass is 10.1. The highest BCUT2D eigenvalue weighted by Gasteiger charge is 2.14. The number of rotatable bonds is 8. The van der Waals surface area contributed by atoms with Crippen LogP contribution in [0.2, 0.25) is 15.1 Å². The van der Waals surface area contributed by atoms with Gasteiger partial charge < -0.3 is 9.80 Å². The molecule has 2 aromatic carbocycles. The molecule has 3 aromatic rings. The number of halogens is 3. The van der Waals surface area contributed by atoms with Gasteiger partial charge in [0, 0.05) is 25.4 Å². The van der Waals surface area contributed by atoms with Gasteiger partial charge in [-0.05, 0) is 63.3 Å². The molecule has 1 aromatic heterocycles. The zero-order chi connectivity index (χ0) is 21.0. The quantitative estimate of drug-likeness (QED) is 0.435. The van der Waals surface area contributed by atoms with Gasteiger partial charge in [0.1, 0.15) is 11.6 Å². The number of hydrogen-bond donors (Lipinski definition) is 0. The van der Waals surface area contributed by atoms with E-state index >= 15 is 0 Å². The summed E-state index contributed by atoms with van der Waals surface area (Å²) < 4.78 is 0. The fraction of sp³-hybridized carbons (Fsp3) is 0.364. The van der Waals surface area contributed by atoms with Crippen LogP contribution >= 0.6 is 34.8 Å². The van der Waals surface area contributed by atoms with Crippen molar-refractivity contribution in [3.05, 3.63) is 62.9 Å². The third-order valence-corrected chi connectivity index (χ3v) is 5.83. The van der Waals surface area contributed by atoms with Crippen molar-refractivity contribution < 1.29 is 0 Å². The van der Waals surface area contributed by atoms with E-state index < -0.39 is 0 Å². The first-order valence-electron chi connectivity index (χ1n) is 9.60. The number of benzene rings is 2. The summed E-state index contributed by atoms with van der Waals surface area (Å²) in [7, 11) is 6.24. The molecule has 0 amide bonds. The van der Waals surface area contributed by atoms with Crippen molar-refractivity contribution in [2.24, 2.45) is 0 Å². The molecule has 0 fully saturated rings. The molecule has 7 heteroatoms. The van der Waals surface area contributed by atoms with E-state index in [1.165, 1.54) is 0 Å². The lowest BCUT2D eigenvalue weighted by molar-refractivity contribution is 0.401. The van der Waals surface area contributed by atoms with E-state index in [4.69, 9.17) is 44.8 Å². The predicted octanol–water partition coefficient (Wildman–Crippen LogP) is 5.76. The minimum Gasteiger partial charge on any atom is -0.359 e. The van der Waals surface area contributed by atoms with E-state index in [2.05, 4.69) is 30.9 Å². The lowest BCUT2D eigenvalue weighted by Crippen LogP contribution is -2.24. The molecule has 0 aliphatic heterocycles. The second-order valence-electron chi connectivity index (χ2n) is 7.43. The molecule has 1 heterocycles. The first kappa shape index (κ1) is 22.1. The average Bonchev–Trinajstić information content (AvgIpc) is 2.68. The van der Waals surface area contributed by atoms with Crippen molar-refractivity contribution >= 4 is 51.5 Å². The number of nitrogens with zero attached hydrogens (tertiary/aromatic N) is 4. The largest absolute Gasteiger partial charge is 0.359 e. The van der Waals surface area contributed by atoms with Crippen LogP contribution in [-0.2, 0) is 12.8 Å². The van der Waals surface area contributed by atoms with Crippen molar-refractivity contribution in [3.63, 3.8) is 0 Å². The van der Waals surface area contributed by atoms with E-state index in [1.54, 1.807) is 0 Å². The van der Waals surface area contributed by atoms with Crippen molar-refractivity contribution in [1.82, 2.24) is 14.9 Å². The molecule has 0 radical (unpaired) electrons. The molecule has 0 atom stereocenters. The summed E-state index contributed by atoms with van der Waals surface area (Å²) in [4.78, 5) is 14.0. The van der Waals surface area contributed by atoms with Crippen LogP contribution in [-0.4, -0.2) is 49.1 Å². The average molecular weight is 452 g/mol. The van der Waals surface area contributed by atoms with Gasteiger partial charge >= 0.3 is 0 Å². The second kappa shape index (κ2) is 9.94. The normalized spacial score (nSPS) is 11.4. The zero-order valence-corrected chi connectivity index (χ0v) is 19.2. The van der Waals surface area contributed by atoms with E-state index in [0.29, 0.717) is 21.5 Å². The maximum absolute atomic E-state index is 6.46. The summed E-state index contributed by atoms with van der Waals surface area (Å²) in [6.07, 6.45) is 2.52. The van der Waals surface area contributed by atoms with Crippen molar-refractivity contribution in [1.29, 1.82) is 0 Å². The molecule has 0 saturated heterocycles. The molecule has 29 heavy (non-hydrogen) atoms. The third-order valence-electron chi connectivity index (χ3n) is 4.79. The van der Waals surface area contributed by atoms with Crippen molar-refractivity contribution in [2.75, 3.05) is 39.1 Å². The molecule has 0 spiro atoms. The first-order valence-corrected chi connectivity index (χ1v) is 10.7. The van der Waals surface area contributed by atoms with E-state index in [-0.39, 0.29) is 0 Å². The van der Waals surface area contributed by atoms with Crippen LogP contribution in [0.1, 0.15) is 17.8 Å². The highest BCUT2D eigenvalue weighted by Crippen LogP contribution is 2.29. The summed E-state index contributed by atoms with van der Waals surface area (Å²) in [5.41, 5.74) is 1.89. The van der Waals surface area contributed by atoms with Gasteiger partial charge in [-0.2, -0.15) is 0 Å². The van der Waals surface area contributed by atoms with Gasteiger partial charge in [0.05, 0.1) is 20.6 Å². The summed E-state index contributed by atoms with van der Waals surface area (Å²) >= 11 is 18.6. The molecule has 4 nitrogen and oxygen atoms in total. The summed E-state index contributed by atoms with van der Waals surface area (Å²) in [5, 5.41) is 2.74. The summed E-state index contributed by atoms with van der Waals surface area (Å²) in [5.74, 6) is 1.69. The minimum atomic E-state index is 0.561. The van der Waals surface area contributed by atoms with Gasteiger partial charge in [0.25, 0.3) is 0 Å². The van der Waals surface area contributed by atoms with Gasteiger partial charge in [-0.1, -0.05) is 46.9 Å². The second-order valence-corrected chi connectivity index (χ2v) is 8.65. The Morgan fingerprint density at radius 3 is 2.34 bits per heavy atom. The summed E-state index contributed by atoms with van der Waals surface area (Å²) in [6.45, 7) is 1.93. The van der Waals surface area contributed by atoms with Crippen LogP contribution in [0.5, 0.6) is 0 Å². The van der Waals surface area contributed by atoms with Crippen molar-refractivity contribution in [2.45, 2.75) is 19.3 Å². The van der Waals surface area contributed by atoms with Crippen LogP contribution in [0.3, 0.4) is 0 Å². The molecule has 0 aliphatic rings. The fourth-order valence-corrected chi connectivity index (χ4v) is 3.77. The van der Waals surface area contributed by atoms with Crippen LogP contribution in [0.4, 0.5) is 5.82 Å². The molecule has 154 valence electrons. The Balaban J connectivity index is 1.87. The third kappa shape index (κ3) is 5.73. The van der Waals surface area contributed by atoms with Gasteiger partial charge in [-0.15, -0.1) is 0 Å². The molecule has 0 saturated carbocycles. The van der Waals surface area contributed by atoms with E-state index in [9.17, 15) is 0 Å². The van der Waals surface area contributed by atoms with Crippen LogP contribution in [0.25, 0.3) is 10.9 Å². The smallest absolute Gasteiger partial charge is 0.140 e. The molecule has 0 bridgehead atoms. The Morgan fingerprint density at radius 1 is 0.828 bits per heavy atom. The predicted molar refractivity (Wildman–Crippen MR) is 125 cm³/mol. The zero-order valence-electron chi connectivity index (χ0n) is 16.9. The Morgan fingerprint density at radius 2 is 1.62 bits per heavy atom. The highest BCUT2D eigenvalue weighted by molar-refractivity contribution is 6.42. The maximum Gasteiger partial charge on any atom is 0.140 e. The minimum absolute atomic E-state index is 0.561. The van der Waals surface area contributed by atoms with Gasteiger partial charge in [-0.3, -0.25) is 0 Å². The number of para-hydroxylation sites is 1. The van der Waals surface area contributed by atoms with Crippen LogP contribution in [0, 0.1) is 0 Å². The Hall–Kier alpha value is -1.59. The standard InChI is InChI=1S/C22H25Cl3N4/c1-28(2)12-5-13-29(3)22-16-6-4-7-18(24)21(16)26-20(27-22)11-9-15-8-10-17(23)19(25)14-15/h4,6-8,10,14H,5,9,11-13H2,1-3H3. The number of aryl methyl sites for hydroxylation is 2. The number of anilines is 1. The van der Waals surface area contributed by atoms with Gasteiger partial charge in [0.15, 0.2) is 0 Å². The monoisotopic (exact) mass is 450 g/mol. The van der Waals surface area contributed by atoms with Crippen LogP contribution < -0.4 is 4.90 Å². The van der Waals surface area contributed by atoms with Gasteiger partial charge in [-0.25, -0.2) is 9.97 Å². The van der Waals surface area contributed by atoms with Crippen molar-refractivity contribution in [3.8, 4) is 0 Å². The highest BCUT2D eigenvalue weighted by atomic mass is 35.5. The first-order chi connectivity index (χ1) is 13.8. The maximum atomic E-state index is 6.46. The topological polar surface area (TPSA) is 32.3 Å². The number of aromatic nitrogens is 2. The van der Waals surface area contributed by atoms with Gasteiger partial charge in [0.2, 0.25) is 0 Å². The fourth-order valence-electron chi connectivity index (χ4n) is 3.23. The lowest BCUT2D eigenvalue weighted by Gasteiger charge is -2.22. The molecular formula is C22H25Cl3N4. The molecule has 0 aliphatic carbocycles. The Bertz CT molecular complexity index is 991. The molecule has 0 unspecified atom stereocenters. The number of fused-ring (bicyclic) bond motifs is 1. The van der Waals surface area contributed by atoms with E-state index in [0.717, 1.165) is 54.0 Å². The van der Waals surface area contributed by atoms with Crippen LogP contribution in [0.15, 0.2) is 36.4 Å². The Labute approximate surface area is 187 Å². The Kier molecular flexibility index (Phi) is 7.58. The van der Waals surface area contributed by atoms with E-state index in [1.807, 2.05) is 36.4 Å². The summed E-state index contributed by atoms with van der Waals surface area (Å²) in [6, 6.07) is 11.5.